The third-order valence-electron chi connectivity index (χ3n) is 5.46. The van der Waals surface area contributed by atoms with Gasteiger partial charge in [-0.2, -0.15) is 5.10 Å². The second-order valence-corrected chi connectivity index (χ2v) is 6.81. The first kappa shape index (κ1) is 15.1. The van der Waals surface area contributed by atoms with Crippen LogP contribution >= 0.6 is 0 Å². The number of nitrogens with zero attached hydrogens (tertiary/aromatic N) is 3. The third-order valence-corrected chi connectivity index (χ3v) is 5.46. The van der Waals surface area contributed by atoms with Gasteiger partial charge in [0, 0.05) is 30.1 Å². The van der Waals surface area contributed by atoms with Crippen molar-refractivity contribution in [3.63, 3.8) is 0 Å². The molecule has 7 nitrogen and oxygen atoms in total. The minimum Gasteiger partial charge on any atom is -0.334 e. The van der Waals surface area contributed by atoms with Crippen LogP contribution in [0.2, 0.25) is 0 Å². The molecule has 2 heterocycles. The van der Waals surface area contributed by atoms with E-state index in [1.54, 1.807) is 6.07 Å². The molecule has 4 rings (SSSR count). The molecular formula is C17H20N4O3. The van der Waals surface area contributed by atoms with E-state index in [0.29, 0.717) is 28.6 Å². The van der Waals surface area contributed by atoms with Crippen molar-refractivity contribution in [2.24, 2.45) is 5.92 Å². The average molecular weight is 328 g/mol. The number of nitro groups is 1. The van der Waals surface area contributed by atoms with E-state index >= 15 is 0 Å². The second-order valence-electron chi connectivity index (χ2n) is 6.81. The van der Waals surface area contributed by atoms with Crippen LogP contribution in [0.5, 0.6) is 0 Å². The number of amides is 1. The first-order valence-corrected chi connectivity index (χ1v) is 8.58. The summed E-state index contributed by atoms with van der Waals surface area (Å²) in [5.74, 6) is 0.495. The molecule has 1 aliphatic carbocycles. The third kappa shape index (κ3) is 2.44. The molecule has 0 radical (unpaired) electrons. The van der Waals surface area contributed by atoms with E-state index in [9.17, 15) is 14.9 Å². The maximum Gasteiger partial charge on any atom is 0.275 e. The van der Waals surface area contributed by atoms with Gasteiger partial charge in [-0.3, -0.25) is 20.0 Å². The van der Waals surface area contributed by atoms with Gasteiger partial charge in [0.15, 0.2) is 5.69 Å². The predicted molar refractivity (Wildman–Crippen MR) is 88.8 cm³/mol. The van der Waals surface area contributed by atoms with Crippen molar-refractivity contribution in [2.75, 3.05) is 6.54 Å². The van der Waals surface area contributed by atoms with E-state index in [1.165, 1.54) is 31.4 Å². The number of benzene rings is 1. The zero-order chi connectivity index (χ0) is 16.7. The summed E-state index contributed by atoms with van der Waals surface area (Å²) in [6.45, 7) is 0.753. The fourth-order valence-corrected chi connectivity index (χ4v) is 4.29. The molecule has 2 aliphatic rings. The molecule has 1 aliphatic heterocycles. The van der Waals surface area contributed by atoms with Crippen molar-refractivity contribution in [3.05, 3.63) is 34.0 Å². The van der Waals surface area contributed by atoms with Crippen LogP contribution in [0.1, 0.15) is 49.0 Å². The van der Waals surface area contributed by atoms with Crippen LogP contribution in [0.3, 0.4) is 0 Å². The van der Waals surface area contributed by atoms with E-state index in [4.69, 9.17) is 0 Å². The molecular weight excluding hydrogens is 308 g/mol. The second kappa shape index (κ2) is 5.89. The molecule has 24 heavy (non-hydrogen) atoms. The number of non-ortho nitro benzene ring substituents is 1. The van der Waals surface area contributed by atoms with Crippen LogP contribution < -0.4 is 0 Å². The highest BCUT2D eigenvalue weighted by atomic mass is 16.6. The first-order valence-electron chi connectivity index (χ1n) is 8.58. The number of rotatable bonds is 2. The number of nitrogens with one attached hydrogen (secondary N) is 1. The van der Waals surface area contributed by atoms with Crippen LogP contribution in [-0.2, 0) is 0 Å². The molecule has 1 aromatic carbocycles. The van der Waals surface area contributed by atoms with Crippen LogP contribution in [0.25, 0.3) is 10.9 Å². The number of carbonyl (C=O) groups is 1. The summed E-state index contributed by atoms with van der Waals surface area (Å²) in [6, 6.07) is 4.77. The van der Waals surface area contributed by atoms with Crippen LogP contribution in [0.15, 0.2) is 18.2 Å². The fraction of sp³-hybridized carbons (Fsp3) is 0.529. The van der Waals surface area contributed by atoms with Crippen molar-refractivity contribution in [2.45, 2.75) is 44.6 Å². The van der Waals surface area contributed by atoms with Crippen molar-refractivity contribution in [1.29, 1.82) is 0 Å². The maximum atomic E-state index is 13.1. The Kier molecular flexibility index (Phi) is 3.70. The minimum atomic E-state index is -0.446. The average Bonchev–Trinajstić information content (AvgIpc) is 3.03. The van der Waals surface area contributed by atoms with Crippen molar-refractivity contribution in [3.8, 4) is 0 Å². The normalized spacial score (nSPS) is 23.9. The van der Waals surface area contributed by atoms with Crippen LogP contribution in [0.4, 0.5) is 5.69 Å². The highest BCUT2D eigenvalue weighted by Crippen LogP contribution is 2.36. The minimum absolute atomic E-state index is 0.0212. The van der Waals surface area contributed by atoms with Gasteiger partial charge in [0.05, 0.1) is 10.4 Å². The monoisotopic (exact) mass is 328 g/mol. The number of hydrogen-bond acceptors (Lipinski definition) is 4. The topological polar surface area (TPSA) is 92.1 Å². The summed E-state index contributed by atoms with van der Waals surface area (Å²) < 4.78 is 0. The molecule has 2 aromatic rings. The van der Waals surface area contributed by atoms with E-state index in [0.717, 1.165) is 25.8 Å². The number of aromatic nitrogens is 2. The largest absolute Gasteiger partial charge is 0.334 e. The highest BCUT2D eigenvalue weighted by Gasteiger charge is 2.37. The lowest BCUT2D eigenvalue weighted by atomic mass is 9.78. The molecule has 126 valence electrons. The maximum absolute atomic E-state index is 13.1. The van der Waals surface area contributed by atoms with Gasteiger partial charge in [-0.1, -0.05) is 12.8 Å². The Bertz CT molecular complexity index is 798. The van der Waals surface area contributed by atoms with E-state index in [2.05, 4.69) is 10.2 Å². The van der Waals surface area contributed by atoms with E-state index < -0.39 is 4.92 Å². The summed E-state index contributed by atoms with van der Waals surface area (Å²) in [5, 5.41) is 18.5. The number of fused-ring (bicyclic) bond motifs is 2. The molecule has 2 atom stereocenters. The molecule has 1 saturated heterocycles. The van der Waals surface area contributed by atoms with Gasteiger partial charge in [-0.15, -0.1) is 0 Å². The van der Waals surface area contributed by atoms with Gasteiger partial charge < -0.3 is 4.90 Å². The van der Waals surface area contributed by atoms with Gasteiger partial charge in [0.25, 0.3) is 11.6 Å². The molecule has 1 aromatic heterocycles. The Morgan fingerprint density at radius 3 is 2.88 bits per heavy atom. The molecule has 2 fully saturated rings. The summed E-state index contributed by atoms with van der Waals surface area (Å²) in [4.78, 5) is 25.6. The van der Waals surface area contributed by atoms with Gasteiger partial charge >= 0.3 is 0 Å². The summed E-state index contributed by atoms with van der Waals surface area (Å²) in [6.07, 6.45) is 6.88. The fourth-order valence-electron chi connectivity index (χ4n) is 4.29. The number of piperidine rings is 1. The lowest BCUT2D eigenvalue weighted by molar-refractivity contribution is -0.384. The summed E-state index contributed by atoms with van der Waals surface area (Å²) >= 11 is 0. The number of aromatic amines is 1. The standard InChI is InChI=1S/C17H20N4O3/c22-17(20-9-3-5-11-4-1-2-6-15(11)20)16-13-10-12(21(23)24)7-8-14(13)18-19-16/h7-8,10-11,15H,1-6,9H2,(H,18,19). The van der Waals surface area contributed by atoms with E-state index in [-0.39, 0.29) is 11.6 Å². The zero-order valence-electron chi connectivity index (χ0n) is 13.4. The lowest BCUT2D eigenvalue weighted by Crippen LogP contribution is -2.49. The number of carbonyl (C=O) groups excluding carboxylic acids is 1. The quantitative estimate of drug-likeness (QED) is 0.676. The Morgan fingerprint density at radius 1 is 1.25 bits per heavy atom. The van der Waals surface area contributed by atoms with Gasteiger partial charge in [0.1, 0.15) is 0 Å². The van der Waals surface area contributed by atoms with Gasteiger partial charge in [-0.05, 0) is 37.7 Å². The van der Waals surface area contributed by atoms with Crippen molar-refractivity contribution >= 4 is 22.5 Å². The van der Waals surface area contributed by atoms with E-state index in [1.807, 2.05) is 4.90 Å². The lowest BCUT2D eigenvalue weighted by Gasteiger charge is -2.43. The smallest absolute Gasteiger partial charge is 0.275 e. The number of H-pyrrole nitrogens is 1. The highest BCUT2D eigenvalue weighted by molar-refractivity contribution is 6.05. The van der Waals surface area contributed by atoms with Gasteiger partial charge in [0.2, 0.25) is 0 Å². The Hall–Kier alpha value is -2.44. The number of hydrogen-bond donors (Lipinski definition) is 1. The predicted octanol–water partition coefficient (Wildman–Crippen LogP) is 3.27. The summed E-state index contributed by atoms with van der Waals surface area (Å²) in [5.41, 5.74) is 0.938. The molecule has 7 heteroatoms. The molecule has 0 spiro atoms. The molecule has 1 N–H and O–H groups in total. The summed E-state index contributed by atoms with van der Waals surface area (Å²) in [7, 11) is 0. The van der Waals surface area contributed by atoms with Crippen molar-refractivity contribution < 1.29 is 9.72 Å². The zero-order valence-corrected chi connectivity index (χ0v) is 13.4. The molecule has 1 saturated carbocycles. The number of likely N-dealkylation sites (tertiary alicyclic amines) is 1. The Balaban J connectivity index is 1.69. The molecule has 2 unspecified atom stereocenters. The number of nitro benzene ring substituents is 1. The Labute approximate surface area is 139 Å². The first-order chi connectivity index (χ1) is 11.6. The van der Waals surface area contributed by atoms with Crippen LogP contribution in [-0.4, -0.2) is 38.5 Å². The Morgan fingerprint density at radius 2 is 2.04 bits per heavy atom. The van der Waals surface area contributed by atoms with Crippen molar-refractivity contribution in [1.82, 2.24) is 15.1 Å². The molecule has 1 amide bonds. The van der Waals surface area contributed by atoms with Gasteiger partial charge in [-0.25, -0.2) is 0 Å². The SMILES string of the molecule is O=C(c1n[nH]c2ccc([N+](=O)[O-])cc12)N1CCCC2CCCCC21. The van der Waals surface area contributed by atoms with Crippen LogP contribution in [0, 0.1) is 16.0 Å². The molecule has 0 bridgehead atoms.